The van der Waals surface area contributed by atoms with Crippen LogP contribution in [0.3, 0.4) is 0 Å². The maximum Gasteiger partial charge on any atom is 0.307 e. The number of nitrogens with zero attached hydrogens (tertiary/aromatic N) is 2. The maximum absolute atomic E-state index is 10.8. The summed E-state index contributed by atoms with van der Waals surface area (Å²) in [7, 11) is 4.09. The molecule has 1 unspecified atom stereocenters. The van der Waals surface area contributed by atoms with Crippen molar-refractivity contribution in [1.82, 2.24) is 4.90 Å². The van der Waals surface area contributed by atoms with Gasteiger partial charge in [0, 0.05) is 32.4 Å². The van der Waals surface area contributed by atoms with Gasteiger partial charge in [0.1, 0.15) is 0 Å². The second-order valence-electron chi connectivity index (χ2n) is 5.57. The molecule has 1 heterocycles. The third-order valence-electron chi connectivity index (χ3n) is 3.73. The van der Waals surface area contributed by atoms with E-state index in [2.05, 4.69) is 35.0 Å². The second-order valence-corrected chi connectivity index (χ2v) is 5.57. The molecule has 4 nitrogen and oxygen atoms in total. The van der Waals surface area contributed by atoms with Crippen LogP contribution < -0.4 is 4.90 Å². The summed E-state index contributed by atoms with van der Waals surface area (Å²) in [6.07, 6.45) is 1.11. The Morgan fingerprint density at radius 1 is 1.53 bits per heavy atom. The Morgan fingerprint density at radius 3 is 2.95 bits per heavy atom. The van der Waals surface area contributed by atoms with Gasteiger partial charge < -0.3 is 14.9 Å². The van der Waals surface area contributed by atoms with Crippen molar-refractivity contribution in [1.29, 1.82) is 0 Å². The third kappa shape index (κ3) is 3.26. The van der Waals surface area contributed by atoms with Gasteiger partial charge in [0.25, 0.3) is 0 Å². The fourth-order valence-corrected chi connectivity index (χ4v) is 2.64. The number of fused-ring (bicyclic) bond motifs is 1. The van der Waals surface area contributed by atoms with E-state index in [0.717, 1.165) is 19.5 Å². The average molecular weight is 262 g/mol. The Labute approximate surface area is 114 Å². The first-order chi connectivity index (χ1) is 8.97. The van der Waals surface area contributed by atoms with Crippen LogP contribution in [0.4, 0.5) is 5.69 Å². The van der Waals surface area contributed by atoms with Gasteiger partial charge in [-0.15, -0.1) is 0 Å². The Hall–Kier alpha value is -1.55. The van der Waals surface area contributed by atoms with Crippen LogP contribution in [-0.2, 0) is 17.8 Å². The molecule has 0 bridgehead atoms. The van der Waals surface area contributed by atoms with Crippen LogP contribution in [0.15, 0.2) is 18.2 Å². The number of aliphatic carboxylic acids is 1. The first-order valence-electron chi connectivity index (χ1n) is 6.71. The molecule has 0 aromatic heterocycles. The molecule has 0 fully saturated rings. The van der Waals surface area contributed by atoms with Gasteiger partial charge in [0.05, 0.1) is 5.92 Å². The molecule has 2 rings (SSSR count). The summed E-state index contributed by atoms with van der Waals surface area (Å²) < 4.78 is 0. The number of rotatable bonds is 5. The van der Waals surface area contributed by atoms with Crippen molar-refractivity contribution in [2.75, 3.05) is 32.1 Å². The smallest absolute Gasteiger partial charge is 0.307 e. The predicted molar refractivity (Wildman–Crippen MR) is 76.5 cm³/mol. The standard InChI is InChI=1S/C15H22N2O2/c1-11(15(18)19)9-16(2)10-12-4-5-14-13(8-12)6-7-17(14)3/h4-5,8,11H,6-7,9-10H2,1-3H3,(H,18,19). The molecule has 1 atom stereocenters. The Kier molecular flexibility index (Phi) is 4.10. The molecule has 0 saturated heterocycles. The number of anilines is 1. The summed E-state index contributed by atoms with van der Waals surface area (Å²) in [6.45, 7) is 4.21. The van der Waals surface area contributed by atoms with Crippen LogP contribution in [-0.4, -0.2) is 43.2 Å². The van der Waals surface area contributed by atoms with Gasteiger partial charge in [0.15, 0.2) is 0 Å². The fourth-order valence-electron chi connectivity index (χ4n) is 2.64. The lowest BCUT2D eigenvalue weighted by Gasteiger charge is -2.19. The van der Waals surface area contributed by atoms with Crippen molar-refractivity contribution in [3.05, 3.63) is 29.3 Å². The van der Waals surface area contributed by atoms with E-state index in [9.17, 15) is 4.79 Å². The van der Waals surface area contributed by atoms with Crippen molar-refractivity contribution < 1.29 is 9.90 Å². The highest BCUT2D eigenvalue weighted by Crippen LogP contribution is 2.27. The topological polar surface area (TPSA) is 43.8 Å². The van der Waals surface area contributed by atoms with Gasteiger partial charge in [-0.3, -0.25) is 4.79 Å². The van der Waals surface area contributed by atoms with Crippen LogP contribution in [0.1, 0.15) is 18.1 Å². The Morgan fingerprint density at radius 2 is 2.26 bits per heavy atom. The molecular weight excluding hydrogens is 240 g/mol. The minimum absolute atomic E-state index is 0.328. The van der Waals surface area contributed by atoms with Crippen LogP contribution >= 0.6 is 0 Å². The van der Waals surface area contributed by atoms with Crippen molar-refractivity contribution in [3.8, 4) is 0 Å². The Balaban J connectivity index is 1.98. The number of likely N-dealkylation sites (N-methyl/N-ethyl adjacent to an activating group) is 1. The minimum atomic E-state index is -0.734. The molecular formula is C15H22N2O2. The molecule has 1 aromatic carbocycles. The highest BCUT2D eigenvalue weighted by molar-refractivity contribution is 5.69. The molecule has 4 heteroatoms. The van der Waals surface area contributed by atoms with E-state index in [1.54, 1.807) is 6.92 Å². The van der Waals surface area contributed by atoms with Crippen LogP contribution in [0.2, 0.25) is 0 Å². The van der Waals surface area contributed by atoms with Crippen molar-refractivity contribution in [2.45, 2.75) is 19.9 Å². The van der Waals surface area contributed by atoms with Crippen molar-refractivity contribution in [2.24, 2.45) is 5.92 Å². The zero-order chi connectivity index (χ0) is 14.0. The summed E-state index contributed by atoms with van der Waals surface area (Å²) in [6, 6.07) is 6.56. The number of hydrogen-bond donors (Lipinski definition) is 1. The first-order valence-corrected chi connectivity index (χ1v) is 6.71. The fraction of sp³-hybridized carbons (Fsp3) is 0.533. The number of hydrogen-bond acceptors (Lipinski definition) is 3. The van der Waals surface area contributed by atoms with Gasteiger partial charge >= 0.3 is 5.97 Å². The quantitative estimate of drug-likeness (QED) is 0.879. The van der Waals surface area contributed by atoms with Gasteiger partial charge in [-0.1, -0.05) is 19.1 Å². The lowest BCUT2D eigenvalue weighted by molar-refractivity contribution is -0.141. The van der Waals surface area contributed by atoms with E-state index in [0.29, 0.717) is 6.54 Å². The van der Waals surface area contributed by atoms with Gasteiger partial charge in [-0.05, 0) is 30.7 Å². The normalized spacial score (nSPS) is 15.7. The molecule has 1 aromatic rings. The molecule has 0 saturated carbocycles. The molecule has 19 heavy (non-hydrogen) atoms. The highest BCUT2D eigenvalue weighted by atomic mass is 16.4. The average Bonchev–Trinajstić information content (AvgIpc) is 2.70. The molecule has 104 valence electrons. The maximum atomic E-state index is 10.8. The van der Waals surface area contributed by atoms with E-state index < -0.39 is 5.97 Å². The van der Waals surface area contributed by atoms with Gasteiger partial charge in [0.2, 0.25) is 0 Å². The van der Waals surface area contributed by atoms with Crippen LogP contribution in [0, 0.1) is 5.92 Å². The third-order valence-corrected chi connectivity index (χ3v) is 3.73. The lowest BCUT2D eigenvalue weighted by Crippen LogP contribution is -2.28. The van der Waals surface area contributed by atoms with Gasteiger partial charge in [-0.25, -0.2) is 0 Å². The summed E-state index contributed by atoms with van der Waals surface area (Å²) in [5.41, 5.74) is 3.99. The molecule has 0 aliphatic carbocycles. The Bertz CT molecular complexity index is 473. The number of carboxylic acid groups (broad SMARTS) is 1. The zero-order valence-electron chi connectivity index (χ0n) is 11.9. The summed E-state index contributed by atoms with van der Waals surface area (Å²) >= 11 is 0. The second kappa shape index (κ2) is 5.61. The number of carboxylic acids is 1. The molecule has 0 amide bonds. The highest BCUT2D eigenvalue weighted by Gasteiger charge is 2.17. The molecule has 1 aliphatic rings. The number of carbonyl (C=O) groups is 1. The summed E-state index contributed by atoms with van der Waals surface area (Å²) in [5, 5.41) is 8.92. The van der Waals surface area contributed by atoms with E-state index in [-0.39, 0.29) is 5.92 Å². The summed E-state index contributed by atoms with van der Waals surface area (Å²) in [4.78, 5) is 15.2. The van der Waals surface area contributed by atoms with Crippen LogP contribution in [0.5, 0.6) is 0 Å². The number of benzene rings is 1. The SMILES string of the molecule is CC(CN(C)Cc1ccc2c(c1)CCN2C)C(=O)O. The van der Waals surface area contributed by atoms with Gasteiger partial charge in [-0.2, -0.15) is 0 Å². The van der Waals surface area contributed by atoms with Crippen molar-refractivity contribution >= 4 is 11.7 Å². The molecule has 1 aliphatic heterocycles. The zero-order valence-corrected chi connectivity index (χ0v) is 11.9. The minimum Gasteiger partial charge on any atom is -0.481 e. The summed E-state index contributed by atoms with van der Waals surface area (Å²) in [5.74, 6) is -1.06. The first kappa shape index (κ1) is 13.9. The molecule has 0 spiro atoms. The van der Waals surface area contributed by atoms with E-state index in [1.807, 2.05) is 7.05 Å². The molecule has 1 N–H and O–H groups in total. The monoisotopic (exact) mass is 262 g/mol. The molecule has 0 radical (unpaired) electrons. The largest absolute Gasteiger partial charge is 0.481 e. The van der Waals surface area contributed by atoms with Crippen LogP contribution in [0.25, 0.3) is 0 Å². The lowest BCUT2D eigenvalue weighted by atomic mass is 10.1. The van der Waals surface area contributed by atoms with E-state index in [1.165, 1.54) is 16.8 Å². The predicted octanol–water partition coefficient (Wildman–Crippen LogP) is 1.83. The van der Waals surface area contributed by atoms with Crippen molar-refractivity contribution in [3.63, 3.8) is 0 Å². The van der Waals surface area contributed by atoms with E-state index in [4.69, 9.17) is 5.11 Å². The van der Waals surface area contributed by atoms with E-state index >= 15 is 0 Å².